The highest BCUT2D eigenvalue weighted by Gasteiger charge is 2.18. The molecule has 1 aliphatic heterocycles. The highest BCUT2D eigenvalue weighted by molar-refractivity contribution is 7.10. The van der Waals surface area contributed by atoms with Crippen LogP contribution in [0.25, 0.3) is 0 Å². The Labute approximate surface area is 95.6 Å². The number of nitrogens with one attached hydrogen (secondary N) is 1. The first-order valence-electron chi connectivity index (χ1n) is 5.77. The van der Waals surface area contributed by atoms with Gasteiger partial charge in [-0.05, 0) is 30.7 Å². The van der Waals surface area contributed by atoms with E-state index in [2.05, 4.69) is 29.8 Å². The molecule has 0 bridgehead atoms. The lowest BCUT2D eigenvalue weighted by molar-refractivity contribution is 0.0662. The average molecular weight is 225 g/mol. The van der Waals surface area contributed by atoms with Gasteiger partial charge in [-0.15, -0.1) is 11.3 Å². The van der Waals surface area contributed by atoms with E-state index in [-0.39, 0.29) is 0 Å². The minimum Gasteiger partial charge on any atom is -0.380 e. The van der Waals surface area contributed by atoms with Crippen molar-refractivity contribution in [1.82, 2.24) is 5.32 Å². The average Bonchev–Trinajstić information content (AvgIpc) is 2.81. The van der Waals surface area contributed by atoms with Crippen LogP contribution in [0.4, 0.5) is 0 Å². The Hall–Kier alpha value is -0.380. The van der Waals surface area contributed by atoms with Crippen molar-refractivity contribution in [2.45, 2.75) is 38.3 Å². The minimum atomic E-state index is 0.511. The summed E-state index contributed by atoms with van der Waals surface area (Å²) < 4.78 is 5.49. The molecule has 1 aromatic heterocycles. The topological polar surface area (TPSA) is 21.3 Å². The number of hydrogen-bond donors (Lipinski definition) is 1. The van der Waals surface area contributed by atoms with Crippen LogP contribution >= 0.6 is 11.3 Å². The zero-order valence-corrected chi connectivity index (χ0v) is 10.1. The van der Waals surface area contributed by atoms with Crippen LogP contribution in [0.5, 0.6) is 0 Å². The van der Waals surface area contributed by atoms with Crippen molar-refractivity contribution < 1.29 is 4.74 Å². The van der Waals surface area contributed by atoms with Crippen LogP contribution in [-0.4, -0.2) is 19.3 Å². The van der Waals surface area contributed by atoms with Gasteiger partial charge in [-0.3, -0.25) is 0 Å². The van der Waals surface area contributed by atoms with Crippen LogP contribution in [0.3, 0.4) is 0 Å². The van der Waals surface area contributed by atoms with Crippen LogP contribution in [0.15, 0.2) is 17.5 Å². The van der Waals surface area contributed by atoms with Crippen molar-refractivity contribution in [3.8, 4) is 0 Å². The molecule has 1 saturated heterocycles. The van der Waals surface area contributed by atoms with Gasteiger partial charge in [0.2, 0.25) is 0 Å². The molecule has 3 heteroatoms. The molecule has 0 radical (unpaired) electrons. The number of thiophene rings is 1. The van der Waals surface area contributed by atoms with Crippen LogP contribution in [0.2, 0.25) is 0 Å². The Morgan fingerprint density at radius 2 is 2.60 bits per heavy atom. The fourth-order valence-electron chi connectivity index (χ4n) is 2.05. The molecule has 0 spiro atoms. The third kappa shape index (κ3) is 3.03. The second-order valence-electron chi connectivity index (χ2n) is 4.06. The summed E-state index contributed by atoms with van der Waals surface area (Å²) in [7, 11) is 0. The molecule has 1 aliphatic rings. The summed E-state index contributed by atoms with van der Waals surface area (Å²) in [5.74, 6) is 0. The summed E-state index contributed by atoms with van der Waals surface area (Å²) in [6, 6.07) is 5.40. The molecule has 2 rings (SSSR count). The number of hydrogen-bond acceptors (Lipinski definition) is 3. The first-order valence-corrected chi connectivity index (χ1v) is 6.65. The lowest BCUT2D eigenvalue weighted by Crippen LogP contribution is -2.38. The molecule has 0 aromatic carbocycles. The molecule has 1 N–H and O–H groups in total. The number of ether oxygens (including phenoxy) is 1. The Kier molecular flexibility index (Phi) is 4.18. The van der Waals surface area contributed by atoms with E-state index in [1.807, 2.05) is 11.3 Å². The largest absolute Gasteiger partial charge is 0.380 e. The fourth-order valence-corrected chi connectivity index (χ4v) is 2.92. The molecule has 2 heterocycles. The van der Waals surface area contributed by atoms with Crippen LogP contribution in [-0.2, 0) is 4.74 Å². The monoisotopic (exact) mass is 225 g/mol. The molecule has 0 saturated carbocycles. The van der Waals surface area contributed by atoms with Crippen molar-refractivity contribution in [3.63, 3.8) is 0 Å². The van der Waals surface area contributed by atoms with E-state index in [9.17, 15) is 0 Å². The normalized spacial score (nSPS) is 23.9. The van der Waals surface area contributed by atoms with Crippen LogP contribution < -0.4 is 5.32 Å². The summed E-state index contributed by atoms with van der Waals surface area (Å²) in [4.78, 5) is 1.45. The van der Waals surface area contributed by atoms with E-state index in [1.54, 1.807) is 0 Å². The third-order valence-electron chi connectivity index (χ3n) is 2.89. The summed E-state index contributed by atoms with van der Waals surface area (Å²) >= 11 is 1.84. The maximum atomic E-state index is 5.49. The molecular weight excluding hydrogens is 206 g/mol. The summed E-state index contributed by atoms with van der Waals surface area (Å²) in [6.45, 7) is 4.05. The molecule has 2 atom stereocenters. The van der Waals surface area contributed by atoms with E-state index >= 15 is 0 Å². The highest BCUT2D eigenvalue weighted by Crippen LogP contribution is 2.23. The zero-order valence-electron chi connectivity index (χ0n) is 9.24. The molecule has 0 amide bonds. The summed E-state index contributed by atoms with van der Waals surface area (Å²) in [5, 5.41) is 5.84. The maximum Gasteiger partial charge on any atom is 0.0619 e. The smallest absolute Gasteiger partial charge is 0.0619 e. The van der Waals surface area contributed by atoms with Crippen molar-refractivity contribution in [2.75, 3.05) is 13.2 Å². The molecule has 1 aromatic rings. The standard InChI is InChI=1S/C12H19NOS/c1-2-11(12-6-4-8-15-12)13-10-5-3-7-14-9-10/h4,6,8,10-11,13H,2-3,5,7,9H2,1H3. The lowest BCUT2D eigenvalue weighted by Gasteiger charge is -2.27. The second kappa shape index (κ2) is 5.64. The molecule has 0 aliphatic carbocycles. The summed E-state index contributed by atoms with van der Waals surface area (Å²) in [6.07, 6.45) is 3.59. The van der Waals surface area contributed by atoms with Crippen LogP contribution in [0, 0.1) is 0 Å². The minimum absolute atomic E-state index is 0.511. The lowest BCUT2D eigenvalue weighted by atomic mass is 10.1. The van der Waals surface area contributed by atoms with Crippen molar-refractivity contribution >= 4 is 11.3 Å². The van der Waals surface area contributed by atoms with Gasteiger partial charge in [-0.25, -0.2) is 0 Å². The molecule has 84 valence electrons. The van der Waals surface area contributed by atoms with Gasteiger partial charge in [0.05, 0.1) is 6.61 Å². The predicted octanol–water partition coefficient (Wildman–Crippen LogP) is 2.97. The number of rotatable bonds is 4. The van der Waals surface area contributed by atoms with E-state index < -0.39 is 0 Å². The Bertz CT molecular complexity index is 267. The SMILES string of the molecule is CCC(NC1CCCOC1)c1cccs1. The van der Waals surface area contributed by atoms with E-state index in [4.69, 9.17) is 4.74 Å². The van der Waals surface area contributed by atoms with E-state index in [0.717, 1.165) is 19.6 Å². The van der Waals surface area contributed by atoms with Gasteiger partial charge >= 0.3 is 0 Å². The Balaban J connectivity index is 1.90. The third-order valence-corrected chi connectivity index (χ3v) is 3.88. The van der Waals surface area contributed by atoms with Gasteiger partial charge in [0.15, 0.2) is 0 Å². The predicted molar refractivity (Wildman–Crippen MR) is 64.3 cm³/mol. The molecule has 2 unspecified atom stereocenters. The van der Waals surface area contributed by atoms with Gasteiger partial charge < -0.3 is 10.1 Å². The highest BCUT2D eigenvalue weighted by atomic mass is 32.1. The molecule has 15 heavy (non-hydrogen) atoms. The van der Waals surface area contributed by atoms with Gasteiger partial charge in [-0.2, -0.15) is 0 Å². The zero-order chi connectivity index (χ0) is 10.5. The molecular formula is C12H19NOS. The summed E-state index contributed by atoms with van der Waals surface area (Å²) in [5.41, 5.74) is 0. The molecule has 2 nitrogen and oxygen atoms in total. The van der Waals surface area contributed by atoms with Gasteiger partial charge in [0.25, 0.3) is 0 Å². The first kappa shape index (κ1) is 11.1. The quantitative estimate of drug-likeness (QED) is 0.850. The van der Waals surface area contributed by atoms with Gasteiger partial charge in [0.1, 0.15) is 0 Å². The Morgan fingerprint density at radius 3 is 3.20 bits per heavy atom. The van der Waals surface area contributed by atoms with Crippen LogP contribution in [0.1, 0.15) is 37.1 Å². The fraction of sp³-hybridized carbons (Fsp3) is 0.667. The van der Waals surface area contributed by atoms with Crippen molar-refractivity contribution in [2.24, 2.45) is 0 Å². The maximum absolute atomic E-state index is 5.49. The van der Waals surface area contributed by atoms with Crippen molar-refractivity contribution in [3.05, 3.63) is 22.4 Å². The van der Waals surface area contributed by atoms with E-state index in [1.165, 1.54) is 17.7 Å². The molecule has 1 fully saturated rings. The van der Waals surface area contributed by atoms with Crippen molar-refractivity contribution in [1.29, 1.82) is 0 Å². The van der Waals surface area contributed by atoms with Gasteiger partial charge in [-0.1, -0.05) is 13.0 Å². The van der Waals surface area contributed by atoms with Gasteiger partial charge in [0, 0.05) is 23.6 Å². The Morgan fingerprint density at radius 1 is 1.67 bits per heavy atom. The second-order valence-corrected chi connectivity index (χ2v) is 5.04. The first-order chi connectivity index (χ1) is 7.40. The van der Waals surface area contributed by atoms with E-state index in [0.29, 0.717) is 12.1 Å².